The normalized spacial score (nSPS) is 11.4. The van der Waals surface area contributed by atoms with Crippen LogP contribution in [0.3, 0.4) is 0 Å². The molecule has 1 aromatic heterocycles. The van der Waals surface area contributed by atoms with E-state index in [0.29, 0.717) is 21.9 Å². The van der Waals surface area contributed by atoms with Crippen LogP contribution in [-0.4, -0.2) is 0 Å². The first-order valence-electron chi connectivity index (χ1n) is 6.27. The molecule has 0 aliphatic carbocycles. The van der Waals surface area contributed by atoms with Gasteiger partial charge >= 0.3 is 0 Å². The predicted octanol–water partition coefficient (Wildman–Crippen LogP) is 4.24. The van der Waals surface area contributed by atoms with Crippen molar-refractivity contribution < 1.29 is 8.81 Å². The van der Waals surface area contributed by atoms with E-state index in [1.54, 1.807) is 30.3 Å². The Labute approximate surface area is 113 Å². The molecule has 3 heteroatoms. The minimum absolute atomic E-state index is 0.0620. The van der Waals surface area contributed by atoms with Crippen LogP contribution in [0.2, 0.25) is 0 Å². The molecular formula is C17H9FO2. The number of rotatable bonds is 0. The molecule has 96 valence electrons. The second-order valence-corrected chi connectivity index (χ2v) is 4.77. The maximum Gasteiger partial charge on any atom is 0.200 e. The molecule has 3 aromatic carbocycles. The van der Waals surface area contributed by atoms with Gasteiger partial charge in [0.1, 0.15) is 17.0 Å². The predicted molar refractivity (Wildman–Crippen MR) is 77.5 cm³/mol. The van der Waals surface area contributed by atoms with E-state index in [1.807, 2.05) is 12.1 Å². The van der Waals surface area contributed by atoms with E-state index in [-0.39, 0.29) is 11.2 Å². The fourth-order valence-electron chi connectivity index (χ4n) is 2.52. The molecule has 20 heavy (non-hydrogen) atoms. The summed E-state index contributed by atoms with van der Waals surface area (Å²) in [6, 6.07) is 15.1. The van der Waals surface area contributed by atoms with Gasteiger partial charge in [0.05, 0.1) is 10.8 Å². The highest BCUT2D eigenvalue weighted by atomic mass is 19.1. The monoisotopic (exact) mass is 264 g/mol. The van der Waals surface area contributed by atoms with Crippen molar-refractivity contribution in [3.05, 3.63) is 70.6 Å². The highest BCUT2D eigenvalue weighted by molar-refractivity contribution is 5.99. The lowest BCUT2D eigenvalue weighted by atomic mass is 10.1. The zero-order valence-corrected chi connectivity index (χ0v) is 10.4. The fraction of sp³-hybridized carbons (Fsp3) is 0. The van der Waals surface area contributed by atoms with E-state index in [1.165, 1.54) is 12.1 Å². The molecule has 0 N–H and O–H groups in total. The van der Waals surface area contributed by atoms with Crippen LogP contribution in [0, 0.1) is 5.82 Å². The molecule has 0 atom stereocenters. The first-order chi connectivity index (χ1) is 9.72. The molecule has 0 saturated carbocycles. The summed E-state index contributed by atoms with van der Waals surface area (Å²) in [5.74, 6) is -0.306. The number of hydrogen-bond donors (Lipinski definition) is 0. The Kier molecular flexibility index (Phi) is 2.18. The van der Waals surface area contributed by atoms with Gasteiger partial charge < -0.3 is 4.42 Å². The van der Waals surface area contributed by atoms with Crippen molar-refractivity contribution in [3.63, 3.8) is 0 Å². The van der Waals surface area contributed by atoms with Gasteiger partial charge in [-0.15, -0.1) is 0 Å². The van der Waals surface area contributed by atoms with Crippen molar-refractivity contribution in [1.82, 2.24) is 0 Å². The molecule has 0 bridgehead atoms. The third-order valence-corrected chi connectivity index (χ3v) is 3.50. The van der Waals surface area contributed by atoms with Gasteiger partial charge in [0, 0.05) is 0 Å². The molecule has 1 heterocycles. The van der Waals surface area contributed by atoms with Gasteiger partial charge in [-0.1, -0.05) is 18.2 Å². The van der Waals surface area contributed by atoms with E-state index < -0.39 is 0 Å². The van der Waals surface area contributed by atoms with E-state index in [2.05, 4.69) is 0 Å². The van der Waals surface area contributed by atoms with E-state index >= 15 is 0 Å². The molecular weight excluding hydrogens is 255 g/mol. The van der Waals surface area contributed by atoms with E-state index in [9.17, 15) is 9.18 Å². The highest BCUT2D eigenvalue weighted by Crippen LogP contribution is 2.24. The van der Waals surface area contributed by atoms with Gasteiger partial charge in [-0.25, -0.2) is 4.39 Å². The van der Waals surface area contributed by atoms with Crippen LogP contribution in [0.15, 0.2) is 63.8 Å². The summed E-state index contributed by atoms with van der Waals surface area (Å²) in [6.45, 7) is 0. The van der Waals surface area contributed by atoms with Crippen molar-refractivity contribution in [2.24, 2.45) is 0 Å². The van der Waals surface area contributed by atoms with Gasteiger partial charge in [0.25, 0.3) is 0 Å². The topological polar surface area (TPSA) is 30.2 Å². The Balaban J connectivity index is 2.25. The van der Waals surface area contributed by atoms with Gasteiger partial charge in [-0.05, 0) is 47.2 Å². The largest absolute Gasteiger partial charge is 0.456 e. The minimum atomic E-state index is -0.306. The number of benzene rings is 3. The lowest BCUT2D eigenvalue weighted by Gasteiger charge is -2.03. The van der Waals surface area contributed by atoms with Crippen molar-refractivity contribution in [2.45, 2.75) is 0 Å². The molecule has 0 fully saturated rings. The Morgan fingerprint density at radius 1 is 0.800 bits per heavy atom. The summed E-state index contributed by atoms with van der Waals surface area (Å²) >= 11 is 0. The van der Waals surface area contributed by atoms with Crippen molar-refractivity contribution in [1.29, 1.82) is 0 Å². The number of halogens is 1. The lowest BCUT2D eigenvalue weighted by Crippen LogP contribution is -2.01. The smallest absolute Gasteiger partial charge is 0.200 e. The molecule has 4 rings (SSSR count). The Morgan fingerprint density at radius 3 is 2.55 bits per heavy atom. The van der Waals surface area contributed by atoms with Gasteiger partial charge in [0.15, 0.2) is 0 Å². The molecule has 0 spiro atoms. The van der Waals surface area contributed by atoms with Crippen LogP contribution in [-0.2, 0) is 0 Å². The number of para-hydroxylation sites is 1. The van der Waals surface area contributed by atoms with Gasteiger partial charge in [0.2, 0.25) is 5.43 Å². The molecule has 0 amide bonds. The minimum Gasteiger partial charge on any atom is -0.456 e. The summed E-state index contributed by atoms with van der Waals surface area (Å²) < 4.78 is 19.0. The molecule has 4 aromatic rings. The van der Waals surface area contributed by atoms with Crippen LogP contribution in [0.4, 0.5) is 4.39 Å². The Morgan fingerprint density at radius 2 is 1.65 bits per heavy atom. The highest BCUT2D eigenvalue weighted by Gasteiger charge is 2.08. The van der Waals surface area contributed by atoms with Crippen LogP contribution in [0.5, 0.6) is 0 Å². The fourth-order valence-corrected chi connectivity index (χ4v) is 2.52. The van der Waals surface area contributed by atoms with Crippen LogP contribution in [0.1, 0.15) is 0 Å². The Hall–Kier alpha value is -2.68. The third kappa shape index (κ3) is 1.53. The van der Waals surface area contributed by atoms with Crippen molar-refractivity contribution in [3.8, 4) is 0 Å². The molecule has 0 unspecified atom stereocenters. The van der Waals surface area contributed by atoms with Crippen LogP contribution >= 0.6 is 0 Å². The Bertz CT molecular complexity index is 1030. The second kappa shape index (κ2) is 3.90. The maximum atomic E-state index is 13.3. The third-order valence-electron chi connectivity index (χ3n) is 3.50. The molecule has 0 saturated heterocycles. The molecule has 0 aliphatic rings. The van der Waals surface area contributed by atoms with Crippen molar-refractivity contribution >= 4 is 32.7 Å². The van der Waals surface area contributed by atoms with Crippen LogP contribution < -0.4 is 5.43 Å². The quantitative estimate of drug-likeness (QED) is 0.445. The zero-order chi connectivity index (χ0) is 13.7. The first kappa shape index (κ1) is 11.2. The van der Waals surface area contributed by atoms with Crippen molar-refractivity contribution in [2.75, 3.05) is 0 Å². The number of fused-ring (bicyclic) bond motifs is 3. The summed E-state index contributed by atoms with van der Waals surface area (Å²) in [6.07, 6.45) is 0. The molecule has 0 radical (unpaired) electrons. The van der Waals surface area contributed by atoms with Gasteiger partial charge in [-0.3, -0.25) is 4.79 Å². The maximum absolute atomic E-state index is 13.3. The first-order valence-corrected chi connectivity index (χ1v) is 6.27. The standard InChI is InChI=1S/C17H9FO2/c18-12-6-5-10-8-14-16(9-11(10)7-12)20-15-4-2-1-3-13(15)17(14)19/h1-9H. The average Bonchev–Trinajstić information content (AvgIpc) is 2.46. The summed E-state index contributed by atoms with van der Waals surface area (Å²) in [5, 5.41) is 2.61. The van der Waals surface area contributed by atoms with Gasteiger partial charge in [-0.2, -0.15) is 0 Å². The second-order valence-electron chi connectivity index (χ2n) is 4.77. The summed E-state index contributed by atoms with van der Waals surface area (Å²) in [7, 11) is 0. The summed E-state index contributed by atoms with van der Waals surface area (Å²) in [4.78, 5) is 12.5. The lowest BCUT2D eigenvalue weighted by molar-refractivity contribution is 0.629. The van der Waals surface area contributed by atoms with E-state index in [0.717, 1.165) is 10.8 Å². The molecule has 2 nitrogen and oxygen atoms in total. The van der Waals surface area contributed by atoms with Crippen LogP contribution in [0.25, 0.3) is 32.7 Å². The SMILES string of the molecule is O=c1c2ccccc2oc2cc3cc(F)ccc3cc12. The molecule has 0 aliphatic heterocycles. The van der Waals surface area contributed by atoms with E-state index in [4.69, 9.17) is 4.42 Å². The average molecular weight is 264 g/mol. The zero-order valence-electron chi connectivity index (χ0n) is 10.4. The summed E-state index contributed by atoms with van der Waals surface area (Å²) in [5.41, 5.74) is 0.959. The number of hydrogen-bond acceptors (Lipinski definition) is 2.